The van der Waals surface area contributed by atoms with Gasteiger partial charge in [-0.3, -0.25) is 9.59 Å². The fourth-order valence-corrected chi connectivity index (χ4v) is 1.77. The number of benzene rings is 2. The number of anilines is 2. The summed E-state index contributed by atoms with van der Waals surface area (Å²) in [5, 5.41) is 5.43. The monoisotopic (exact) mass is 306 g/mol. The first kappa shape index (κ1) is 15.0. The van der Waals surface area contributed by atoms with Crippen LogP contribution in [0.3, 0.4) is 0 Å². The molecule has 0 atom stereocenters. The Morgan fingerprint density at radius 3 is 2.24 bits per heavy atom. The first-order valence-corrected chi connectivity index (χ1v) is 6.52. The Labute approximate surface area is 125 Å². The lowest BCUT2D eigenvalue weighted by Crippen LogP contribution is -2.21. The molecule has 0 saturated carbocycles. The molecule has 2 amide bonds. The molecule has 0 unspecified atom stereocenters. The molecule has 0 aromatic heterocycles. The molecule has 2 aromatic rings. The molecule has 0 aliphatic carbocycles. The van der Waals surface area contributed by atoms with E-state index < -0.39 is 24.1 Å². The second-order valence-electron chi connectivity index (χ2n) is 4.26. The number of hydrogen-bond donors (Lipinski definition) is 2. The van der Waals surface area contributed by atoms with Crippen LogP contribution in [0.15, 0.2) is 48.5 Å². The van der Waals surface area contributed by atoms with E-state index in [1.54, 1.807) is 30.3 Å². The molecule has 2 rings (SSSR count). The number of hydrogen-bond acceptors (Lipinski definition) is 2. The van der Waals surface area contributed by atoms with Gasteiger partial charge in [-0.1, -0.05) is 23.7 Å². The Kier molecular flexibility index (Phi) is 4.90. The van der Waals surface area contributed by atoms with Crippen molar-refractivity contribution in [2.45, 2.75) is 6.42 Å². The summed E-state index contributed by atoms with van der Waals surface area (Å²) < 4.78 is 13.3. The zero-order chi connectivity index (χ0) is 15.2. The summed E-state index contributed by atoms with van der Waals surface area (Å²) in [6.07, 6.45) is -0.406. The Balaban J connectivity index is 1.89. The van der Waals surface area contributed by atoms with Gasteiger partial charge in [-0.25, -0.2) is 4.39 Å². The van der Waals surface area contributed by atoms with Gasteiger partial charge < -0.3 is 10.6 Å². The van der Waals surface area contributed by atoms with E-state index in [9.17, 15) is 14.0 Å². The van der Waals surface area contributed by atoms with E-state index in [4.69, 9.17) is 11.6 Å². The third-order valence-electron chi connectivity index (χ3n) is 2.60. The van der Waals surface area contributed by atoms with Crippen molar-refractivity contribution in [2.75, 3.05) is 10.6 Å². The van der Waals surface area contributed by atoms with Crippen molar-refractivity contribution >= 4 is 34.8 Å². The topological polar surface area (TPSA) is 58.2 Å². The molecule has 0 heterocycles. The third-order valence-corrected chi connectivity index (χ3v) is 2.85. The molecule has 0 spiro atoms. The van der Waals surface area contributed by atoms with Gasteiger partial charge in [0.1, 0.15) is 12.2 Å². The number of para-hydroxylation sites is 1. The van der Waals surface area contributed by atoms with Gasteiger partial charge in [0.2, 0.25) is 11.8 Å². The Bertz CT molecular complexity index is 659. The molecule has 21 heavy (non-hydrogen) atoms. The number of nitrogens with one attached hydrogen (secondary N) is 2. The normalized spacial score (nSPS) is 10.0. The minimum Gasteiger partial charge on any atom is -0.326 e. The number of amides is 2. The highest BCUT2D eigenvalue weighted by atomic mass is 35.5. The highest BCUT2D eigenvalue weighted by molar-refractivity contribution is 6.30. The van der Waals surface area contributed by atoms with Crippen LogP contribution < -0.4 is 10.6 Å². The molecule has 0 aliphatic rings. The van der Waals surface area contributed by atoms with Crippen LogP contribution in [-0.4, -0.2) is 11.8 Å². The summed E-state index contributed by atoms with van der Waals surface area (Å²) in [6, 6.07) is 12.2. The van der Waals surface area contributed by atoms with Gasteiger partial charge >= 0.3 is 0 Å². The van der Waals surface area contributed by atoms with Crippen LogP contribution in [0, 0.1) is 5.82 Å². The summed E-state index contributed by atoms with van der Waals surface area (Å²) in [5.41, 5.74) is 0.574. The van der Waals surface area contributed by atoms with Gasteiger partial charge in [-0.05, 0) is 36.4 Å². The Morgan fingerprint density at radius 1 is 0.952 bits per heavy atom. The molecular formula is C15H12ClFN2O2. The minimum atomic E-state index is -0.591. The van der Waals surface area contributed by atoms with Crippen molar-refractivity contribution in [3.8, 4) is 0 Å². The maximum atomic E-state index is 13.3. The fourth-order valence-electron chi connectivity index (χ4n) is 1.64. The maximum Gasteiger partial charge on any atom is 0.233 e. The summed E-state index contributed by atoms with van der Waals surface area (Å²) in [6.45, 7) is 0. The molecule has 0 radical (unpaired) electrons. The first-order valence-electron chi connectivity index (χ1n) is 6.14. The second-order valence-corrected chi connectivity index (χ2v) is 4.70. The van der Waals surface area contributed by atoms with Gasteiger partial charge in [0, 0.05) is 10.7 Å². The van der Waals surface area contributed by atoms with Crippen molar-refractivity contribution in [3.63, 3.8) is 0 Å². The van der Waals surface area contributed by atoms with Crippen molar-refractivity contribution in [1.82, 2.24) is 0 Å². The predicted octanol–water partition coefficient (Wildman–Crippen LogP) is 3.45. The van der Waals surface area contributed by atoms with Crippen LogP contribution >= 0.6 is 11.6 Å². The standard InChI is InChI=1S/C15H12ClFN2O2/c16-10-5-7-11(8-6-10)18-14(20)9-15(21)19-13-4-2-1-3-12(13)17/h1-8H,9H2,(H,18,20)(H,19,21). The smallest absolute Gasteiger partial charge is 0.233 e. The van der Waals surface area contributed by atoms with Crippen molar-refractivity contribution in [1.29, 1.82) is 0 Å². The average Bonchev–Trinajstić information content (AvgIpc) is 2.44. The van der Waals surface area contributed by atoms with Gasteiger partial charge in [-0.15, -0.1) is 0 Å². The maximum absolute atomic E-state index is 13.3. The van der Waals surface area contributed by atoms with Gasteiger partial charge in [-0.2, -0.15) is 0 Å². The van der Waals surface area contributed by atoms with Crippen LogP contribution in [0.4, 0.5) is 15.8 Å². The van der Waals surface area contributed by atoms with Crippen LogP contribution in [0.25, 0.3) is 0 Å². The second kappa shape index (κ2) is 6.85. The van der Waals surface area contributed by atoms with E-state index in [-0.39, 0.29) is 5.69 Å². The quantitative estimate of drug-likeness (QED) is 0.850. The van der Waals surface area contributed by atoms with Crippen molar-refractivity contribution in [3.05, 3.63) is 59.4 Å². The van der Waals surface area contributed by atoms with E-state index in [2.05, 4.69) is 10.6 Å². The molecule has 4 nitrogen and oxygen atoms in total. The largest absolute Gasteiger partial charge is 0.326 e. The summed E-state index contributed by atoms with van der Waals surface area (Å²) in [7, 11) is 0. The Hall–Kier alpha value is -2.40. The van der Waals surface area contributed by atoms with Crippen molar-refractivity contribution < 1.29 is 14.0 Å². The first-order chi connectivity index (χ1) is 10.0. The molecular weight excluding hydrogens is 295 g/mol. The minimum absolute atomic E-state index is 0.0433. The Morgan fingerprint density at radius 2 is 1.57 bits per heavy atom. The van der Waals surface area contributed by atoms with Crippen LogP contribution in [-0.2, 0) is 9.59 Å². The van der Waals surface area contributed by atoms with Gasteiger partial charge in [0.15, 0.2) is 0 Å². The summed E-state index contributed by atoms with van der Waals surface area (Å²) >= 11 is 5.73. The molecule has 2 N–H and O–H groups in total. The van der Waals surface area contributed by atoms with Gasteiger partial charge in [0.05, 0.1) is 5.69 Å². The van der Waals surface area contributed by atoms with Gasteiger partial charge in [0.25, 0.3) is 0 Å². The zero-order valence-corrected chi connectivity index (χ0v) is 11.7. The molecule has 6 heteroatoms. The summed E-state index contributed by atoms with van der Waals surface area (Å²) in [5.74, 6) is -1.64. The molecule has 0 fully saturated rings. The lowest BCUT2D eigenvalue weighted by atomic mass is 10.2. The molecule has 108 valence electrons. The SMILES string of the molecule is O=C(CC(=O)Nc1ccccc1F)Nc1ccc(Cl)cc1. The number of rotatable bonds is 4. The average molecular weight is 307 g/mol. The zero-order valence-electron chi connectivity index (χ0n) is 10.9. The third kappa shape index (κ3) is 4.57. The fraction of sp³-hybridized carbons (Fsp3) is 0.0667. The van der Waals surface area contributed by atoms with E-state index in [0.717, 1.165) is 0 Å². The molecule has 0 aliphatic heterocycles. The van der Waals surface area contributed by atoms with E-state index in [1.165, 1.54) is 18.2 Å². The summed E-state index contributed by atoms with van der Waals surface area (Å²) in [4.78, 5) is 23.3. The van der Waals surface area contributed by atoms with E-state index in [1.807, 2.05) is 0 Å². The number of carbonyl (C=O) groups excluding carboxylic acids is 2. The number of carbonyl (C=O) groups is 2. The van der Waals surface area contributed by atoms with E-state index in [0.29, 0.717) is 10.7 Å². The predicted molar refractivity (Wildman–Crippen MR) is 79.7 cm³/mol. The van der Waals surface area contributed by atoms with Crippen molar-refractivity contribution in [2.24, 2.45) is 0 Å². The lowest BCUT2D eigenvalue weighted by Gasteiger charge is -2.07. The van der Waals surface area contributed by atoms with E-state index >= 15 is 0 Å². The highest BCUT2D eigenvalue weighted by Crippen LogP contribution is 2.14. The molecule has 0 saturated heterocycles. The van der Waals surface area contributed by atoms with Crippen LogP contribution in [0.2, 0.25) is 5.02 Å². The lowest BCUT2D eigenvalue weighted by molar-refractivity contribution is -0.123. The highest BCUT2D eigenvalue weighted by Gasteiger charge is 2.11. The van der Waals surface area contributed by atoms with Crippen LogP contribution in [0.1, 0.15) is 6.42 Å². The molecule has 2 aromatic carbocycles. The van der Waals surface area contributed by atoms with Crippen LogP contribution in [0.5, 0.6) is 0 Å². The molecule has 0 bridgehead atoms. The number of halogens is 2.